The highest BCUT2D eigenvalue weighted by atomic mass is 16.5. The third kappa shape index (κ3) is 2.32. The number of pyridine rings is 1. The normalized spacial score (nSPS) is 9.68. The fourth-order valence-electron chi connectivity index (χ4n) is 1.52. The molecular formula is C12H9N5O2. The van der Waals surface area contributed by atoms with Crippen LogP contribution in [0.3, 0.4) is 0 Å². The minimum absolute atomic E-state index is 0.00556. The number of nitriles is 1. The molecule has 0 saturated carbocycles. The highest BCUT2D eigenvalue weighted by Crippen LogP contribution is 2.26. The molecule has 0 spiro atoms. The molecule has 0 aliphatic rings. The van der Waals surface area contributed by atoms with Crippen LogP contribution in [0.2, 0.25) is 0 Å². The molecule has 0 unspecified atom stereocenters. The Balaban J connectivity index is 2.62. The maximum absolute atomic E-state index is 11.1. The molecule has 1 amide bonds. The molecule has 7 heteroatoms. The summed E-state index contributed by atoms with van der Waals surface area (Å²) in [5, 5.41) is 9.16. The first-order valence-electron chi connectivity index (χ1n) is 5.22. The molecule has 2 heterocycles. The Hall–Kier alpha value is -3.01. The van der Waals surface area contributed by atoms with E-state index in [1.54, 1.807) is 6.07 Å². The van der Waals surface area contributed by atoms with E-state index in [1.165, 1.54) is 25.7 Å². The molecule has 0 bridgehead atoms. The van der Waals surface area contributed by atoms with Gasteiger partial charge in [0.25, 0.3) is 5.91 Å². The number of nitrogens with two attached hydrogens (primary N) is 1. The first-order valence-corrected chi connectivity index (χ1v) is 5.22. The number of hydrogen-bond acceptors (Lipinski definition) is 6. The molecule has 2 aromatic rings. The Labute approximate surface area is 108 Å². The van der Waals surface area contributed by atoms with Crippen molar-refractivity contribution in [3.8, 4) is 23.2 Å². The molecule has 94 valence electrons. The van der Waals surface area contributed by atoms with Crippen LogP contribution in [0.5, 0.6) is 5.75 Å². The maximum Gasteiger partial charge on any atom is 0.268 e. The van der Waals surface area contributed by atoms with E-state index >= 15 is 0 Å². The van der Waals surface area contributed by atoms with Gasteiger partial charge in [-0.1, -0.05) is 0 Å². The van der Waals surface area contributed by atoms with Gasteiger partial charge in [0.2, 0.25) is 0 Å². The molecule has 0 saturated heterocycles. The number of carbonyl (C=O) groups excluding carboxylic acids is 1. The summed E-state index contributed by atoms with van der Waals surface area (Å²) in [6, 6.07) is 3.55. The van der Waals surface area contributed by atoms with Crippen molar-refractivity contribution < 1.29 is 9.53 Å². The quantitative estimate of drug-likeness (QED) is 0.854. The maximum atomic E-state index is 11.1. The molecular weight excluding hydrogens is 246 g/mol. The van der Waals surface area contributed by atoms with Gasteiger partial charge < -0.3 is 10.5 Å². The molecule has 0 fully saturated rings. The molecule has 0 atom stereocenters. The van der Waals surface area contributed by atoms with Crippen molar-refractivity contribution in [1.29, 1.82) is 5.26 Å². The van der Waals surface area contributed by atoms with Crippen molar-refractivity contribution >= 4 is 5.91 Å². The van der Waals surface area contributed by atoms with Gasteiger partial charge in [-0.05, 0) is 6.07 Å². The number of carbonyl (C=O) groups is 1. The van der Waals surface area contributed by atoms with E-state index < -0.39 is 5.91 Å². The summed E-state index contributed by atoms with van der Waals surface area (Å²) in [4.78, 5) is 23.0. The van der Waals surface area contributed by atoms with E-state index in [4.69, 9.17) is 15.7 Å². The average molecular weight is 255 g/mol. The topological polar surface area (TPSA) is 115 Å². The Morgan fingerprint density at radius 2 is 2.26 bits per heavy atom. The SMILES string of the molecule is COc1ccnc(-c2cncc(C(N)=O)n2)c1C#N. The van der Waals surface area contributed by atoms with Crippen molar-refractivity contribution in [2.45, 2.75) is 0 Å². The second-order valence-electron chi connectivity index (χ2n) is 3.50. The summed E-state index contributed by atoms with van der Waals surface area (Å²) in [5.74, 6) is -0.325. The largest absolute Gasteiger partial charge is 0.495 e. The minimum atomic E-state index is -0.698. The van der Waals surface area contributed by atoms with Crippen LogP contribution in [0.25, 0.3) is 11.4 Å². The van der Waals surface area contributed by atoms with Crippen molar-refractivity contribution in [2.75, 3.05) is 7.11 Å². The van der Waals surface area contributed by atoms with Crippen LogP contribution in [0.1, 0.15) is 16.1 Å². The first-order chi connectivity index (χ1) is 9.17. The van der Waals surface area contributed by atoms with Gasteiger partial charge >= 0.3 is 0 Å². The van der Waals surface area contributed by atoms with Gasteiger partial charge in [0.1, 0.15) is 34.5 Å². The Kier molecular flexibility index (Phi) is 3.34. The van der Waals surface area contributed by atoms with Gasteiger partial charge in [0.15, 0.2) is 0 Å². The van der Waals surface area contributed by atoms with E-state index in [-0.39, 0.29) is 22.6 Å². The number of methoxy groups -OCH3 is 1. The molecule has 0 aliphatic carbocycles. The van der Waals surface area contributed by atoms with Crippen LogP contribution in [0.15, 0.2) is 24.7 Å². The average Bonchev–Trinajstić information content (AvgIpc) is 2.46. The number of primary amides is 1. The number of aromatic nitrogens is 3. The molecule has 0 aliphatic heterocycles. The molecule has 7 nitrogen and oxygen atoms in total. The summed E-state index contributed by atoms with van der Waals surface area (Å²) in [6.45, 7) is 0. The number of amides is 1. The van der Waals surface area contributed by atoms with Crippen molar-refractivity contribution in [2.24, 2.45) is 5.73 Å². The van der Waals surface area contributed by atoms with Crippen LogP contribution in [-0.2, 0) is 0 Å². The smallest absolute Gasteiger partial charge is 0.268 e. The molecule has 0 radical (unpaired) electrons. The second kappa shape index (κ2) is 5.10. The fraction of sp³-hybridized carbons (Fsp3) is 0.0833. The lowest BCUT2D eigenvalue weighted by Crippen LogP contribution is -2.14. The first kappa shape index (κ1) is 12.4. The van der Waals surface area contributed by atoms with Gasteiger partial charge in [0.05, 0.1) is 19.5 Å². The molecule has 2 N–H and O–H groups in total. The molecule has 2 aromatic heterocycles. The zero-order valence-electron chi connectivity index (χ0n) is 9.99. The summed E-state index contributed by atoms with van der Waals surface area (Å²) in [5.41, 5.74) is 5.94. The zero-order valence-corrected chi connectivity index (χ0v) is 9.99. The van der Waals surface area contributed by atoms with Crippen LogP contribution in [0, 0.1) is 11.3 Å². The van der Waals surface area contributed by atoms with E-state index in [0.717, 1.165) is 0 Å². The van der Waals surface area contributed by atoms with E-state index in [0.29, 0.717) is 5.75 Å². The number of rotatable bonds is 3. The molecule has 19 heavy (non-hydrogen) atoms. The number of nitrogens with zero attached hydrogens (tertiary/aromatic N) is 4. The number of ether oxygens (including phenoxy) is 1. The predicted molar refractivity (Wildman–Crippen MR) is 65.0 cm³/mol. The summed E-state index contributed by atoms with van der Waals surface area (Å²) < 4.78 is 5.07. The van der Waals surface area contributed by atoms with Gasteiger partial charge in [-0.25, -0.2) is 4.98 Å². The highest BCUT2D eigenvalue weighted by molar-refractivity contribution is 5.91. The van der Waals surface area contributed by atoms with Crippen LogP contribution in [0.4, 0.5) is 0 Å². The summed E-state index contributed by atoms with van der Waals surface area (Å²) >= 11 is 0. The Morgan fingerprint density at radius 1 is 1.47 bits per heavy atom. The lowest BCUT2D eigenvalue weighted by atomic mass is 10.1. The van der Waals surface area contributed by atoms with E-state index in [1.807, 2.05) is 6.07 Å². The van der Waals surface area contributed by atoms with Gasteiger partial charge in [0, 0.05) is 6.20 Å². The second-order valence-corrected chi connectivity index (χ2v) is 3.50. The Bertz CT molecular complexity index is 678. The van der Waals surface area contributed by atoms with Crippen molar-refractivity contribution in [3.63, 3.8) is 0 Å². The third-order valence-electron chi connectivity index (χ3n) is 2.37. The summed E-state index contributed by atoms with van der Waals surface area (Å²) in [7, 11) is 1.45. The summed E-state index contributed by atoms with van der Waals surface area (Å²) in [6.07, 6.45) is 4.13. The lowest BCUT2D eigenvalue weighted by Gasteiger charge is -2.07. The monoisotopic (exact) mass is 255 g/mol. The van der Waals surface area contributed by atoms with Crippen LogP contribution < -0.4 is 10.5 Å². The third-order valence-corrected chi connectivity index (χ3v) is 2.37. The van der Waals surface area contributed by atoms with Crippen molar-refractivity contribution in [3.05, 3.63) is 35.9 Å². The molecule has 2 rings (SSSR count). The van der Waals surface area contributed by atoms with Gasteiger partial charge in [-0.15, -0.1) is 0 Å². The van der Waals surface area contributed by atoms with Gasteiger partial charge in [-0.3, -0.25) is 14.8 Å². The molecule has 0 aromatic carbocycles. The lowest BCUT2D eigenvalue weighted by molar-refractivity contribution is 0.0995. The zero-order chi connectivity index (χ0) is 13.8. The predicted octanol–water partition coefficient (Wildman–Crippen LogP) is 0.518. The van der Waals surface area contributed by atoms with Crippen LogP contribution >= 0.6 is 0 Å². The standard InChI is InChI=1S/C12H9N5O2/c1-19-10-2-3-16-11(7(10)4-13)8-5-15-6-9(17-8)12(14)18/h2-3,5-6H,1H3,(H2,14,18). The van der Waals surface area contributed by atoms with Crippen molar-refractivity contribution in [1.82, 2.24) is 15.0 Å². The van der Waals surface area contributed by atoms with Gasteiger partial charge in [-0.2, -0.15) is 5.26 Å². The van der Waals surface area contributed by atoms with Crippen LogP contribution in [-0.4, -0.2) is 28.0 Å². The Morgan fingerprint density at radius 3 is 2.89 bits per heavy atom. The fourth-order valence-corrected chi connectivity index (χ4v) is 1.52. The van der Waals surface area contributed by atoms with E-state index in [9.17, 15) is 4.79 Å². The number of hydrogen-bond donors (Lipinski definition) is 1. The highest BCUT2D eigenvalue weighted by Gasteiger charge is 2.14. The minimum Gasteiger partial charge on any atom is -0.495 e. The van der Waals surface area contributed by atoms with E-state index in [2.05, 4.69) is 15.0 Å².